The van der Waals surface area contributed by atoms with Gasteiger partial charge in [-0.15, -0.1) is 0 Å². The van der Waals surface area contributed by atoms with Crippen LogP contribution in [0.15, 0.2) is 0 Å². The largest absolute Gasteiger partial charge is 0.469 e. The van der Waals surface area contributed by atoms with Gasteiger partial charge in [-0.2, -0.15) is 0 Å². The molecule has 0 amide bonds. The van der Waals surface area contributed by atoms with Crippen molar-refractivity contribution < 1.29 is 19.3 Å². The molecule has 0 aromatic rings. The molecule has 2 unspecified atom stereocenters. The zero-order valence-electron chi connectivity index (χ0n) is 16.6. The topological polar surface area (TPSA) is 44.8 Å². The van der Waals surface area contributed by atoms with E-state index in [1.807, 2.05) is 0 Å². The van der Waals surface area contributed by atoms with Crippen molar-refractivity contribution in [2.45, 2.75) is 97.7 Å². The molecule has 0 N–H and O–H groups in total. The fourth-order valence-corrected chi connectivity index (χ4v) is 4.24. The van der Waals surface area contributed by atoms with Gasteiger partial charge in [0.2, 0.25) is 0 Å². The molecule has 1 rings (SSSR count). The van der Waals surface area contributed by atoms with E-state index < -0.39 is 0 Å². The van der Waals surface area contributed by atoms with Crippen LogP contribution in [-0.4, -0.2) is 24.8 Å². The first kappa shape index (κ1) is 21.4. The second kappa shape index (κ2) is 10.4. The van der Waals surface area contributed by atoms with Crippen molar-refractivity contribution >= 4 is 5.97 Å². The number of carbonyl (C=O) groups excluding carboxylic acids is 1. The van der Waals surface area contributed by atoms with Gasteiger partial charge in [0, 0.05) is 0 Å². The summed E-state index contributed by atoms with van der Waals surface area (Å²) >= 11 is 0. The first-order valence-corrected chi connectivity index (χ1v) is 9.78. The summed E-state index contributed by atoms with van der Waals surface area (Å²) in [5, 5.41) is 0. The Morgan fingerprint density at radius 2 is 2.04 bits per heavy atom. The fraction of sp³-hybridized carbons (Fsp3) is 0.950. The highest BCUT2D eigenvalue weighted by molar-refractivity contribution is 5.69. The molecule has 0 radical (unpaired) electrons. The summed E-state index contributed by atoms with van der Waals surface area (Å²) in [6.07, 6.45) is 8.11. The number of hydrogen-bond acceptors (Lipinski definition) is 4. The molecule has 1 heterocycles. The number of hydrogen-bond donors (Lipinski definition) is 0. The molecule has 0 spiro atoms. The Labute approximate surface area is 148 Å². The van der Waals surface area contributed by atoms with E-state index in [-0.39, 0.29) is 24.1 Å². The Kier molecular flexibility index (Phi) is 9.28. The maximum Gasteiger partial charge on any atom is 0.308 e. The molecule has 1 aliphatic heterocycles. The van der Waals surface area contributed by atoms with Crippen LogP contribution < -0.4 is 0 Å². The van der Waals surface area contributed by atoms with E-state index in [2.05, 4.69) is 34.6 Å². The summed E-state index contributed by atoms with van der Waals surface area (Å²) in [6.45, 7) is 11.2. The average molecular weight is 343 g/mol. The van der Waals surface area contributed by atoms with Crippen LogP contribution in [0.2, 0.25) is 0 Å². The van der Waals surface area contributed by atoms with Crippen LogP contribution in [0, 0.1) is 17.8 Å². The molecule has 1 fully saturated rings. The standard InChI is InChI=1S/C20H38O4/c1-7-10-16(8-2)11-15(4)13-20(5)14-17(9-3)18(23-24-20)12-19(21)22-6/h15-18H,7-14H2,1-6H3/t15?,16?,17-,18-,20+/m0/s1. The monoisotopic (exact) mass is 342 g/mol. The third kappa shape index (κ3) is 6.72. The normalized spacial score (nSPS) is 29.9. The van der Waals surface area contributed by atoms with Crippen LogP contribution in [0.5, 0.6) is 0 Å². The second-order valence-corrected chi connectivity index (χ2v) is 7.93. The summed E-state index contributed by atoms with van der Waals surface area (Å²) in [7, 11) is 1.42. The lowest BCUT2D eigenvalue weighted by molar-refractivity contribution is -0.419. The number of ether oxygens (including phenoxy) is 1. The molecule has 142 valence electrons. The zero-order valence-corrected chi connectivity index (χ0v) is 16.6. The van der Waals surface area contributed by atoms with Gasteiger partial charge in [-0.25, -0.2) is 9.78 Å². The molecule has 0 aromatic heterocycles. The minimum absolute atomic E-state index is 0.186. The van der Waals surface area contributed by atoms with E-state index in [0.29, 0.717) is 11.8 Å². The third-order valence-corrected chi connectivity index (χ3v) is 5.50. The second-order valence-electron chi connectivity index (χ2n) is 7.93. The van der Waals surface area contributed by atoms with E-state index in [1.54, 1.807) is 0 Å². The SMILES string of the molecule is CCCC(CC)CC(C)C[C@]1(C)C[C@H](CC)[C@H](CC(=O)OC)OO1. The number of rotatable bonds is 10. The van der Waals surface area contributed by atoms with Gasteiger partial charge in [0.15, 0.2) is 0 Å². The highest BCUT2D eigenvalue weighted by Crippen LogP contribution is 2.39. The molecule has 0 aromatic carbocycles. The lowest BCUT2D eigenvalue weighted by atomic mass is 9.78. The van der Waals surface area contributed by atoms with Crippen LogP contribution in [0.25, 0.3) is 0 Å². The highest BCUT2D eigenvalue weighted by Gasteiger charge is 2.41. The Balaban J connectivity index is 2.57. The van der Waals surface area contributed by atoms with Gasteiger partial charge < -0.3 is 4.74 Å². The lowest BCUT2D eigenvalue weighted by Crippen LogP contribution is -2.45. The molecular formula is C20H38O4. The fourth-order valence-electron chi connectivity index (χ4n) is 4.24. The third-order valence-electron chi connectivity index (χ3n) is 5.50. The van der Waals surface area contributed by atoms with Gasteiger partial charge in [0.1, 0.15) is 11.7 Å². The van der Waals surface area contributed by atoms with Crippen molar-refractivity contribution in [3.05, 3.63) is 0 Å². The van der Waals surface area contributed by atoms with Crippen LogP contribution in [0.1, 0.15) is 86.0 Å². The van der Waals surface area contributed by atoms with Crippen LogP contribution in [-0.2, 0) is 19.3 Å². The maximum atomic E-state index is 11.5. The first-order valence-electron chi connectivity index (χ1n) is 9.78. The predicted octanol–water partition coefficient (Wildman–Crippen LogP) is 5.30. The van der Waals surface area contributed by atoms with Gasteiger partial charge >= 0.3 is 5.97 Å². The Morgan fingerprint density at radius 1 is 1.33 bits per heavy atom. The van der Waals surface area contributed by atoms with Gasteiger partial charge in [0.25, 0.3) is 0 Å². The predicted molar refractivity (Wildman–Crippen MR) is 96.5 cm³/mol. The van der Waals surface area contributed by atoms with E-state index in [0.717, 1.165) is 25.2 Å². The summed E-state index contributed by atoms with van der Waals surface area (Å²) in [4.78, 5) is 23.0. The quantitative estimate of drug-likeness (QED) is 0.399. The highest BCUT2D eigenvalue weighted by atomic mass is 17.2. The molecule has 5 atom stereocenters. The van der Waals surface area contributed by atoms with Crippen molar-refractivity contribution in [2.75, 3.05) is 7.11 Å². The average Bonchev–Trinajstić information content (AvgIpc) is 2.55. The lowest BCUT2D eigenvalue weighted by Gasteiger charge is -2.42. The van der Waals surface area contributed by atoms with Crippen molar-refractivity contribution in [1.82, 2.24) is 0 Å². The van der Waals surface area contributed by atoms with E-state index in [9.17, 15) is 4.79 Å². The number of carbonyl (C=O) groups is 1. The van der Waals surface area contributed by atoms with E-state index >= 15 is 0 Å². The van der Waals surface area contributed by atoms with Gasteiger partial charge in [-0.3, -0.25) is 4.79 Å². The van der Waals surface area contributed by atoms with Crippen molar-refractivity contribution in [3.8, 4) is 0 Å². The number of methoxy groups -OCH3 is 1. The molecule has 1 aliphatic rings. The Hall–Kier alpha value is -0.610. The first-order chi connectivity index (χ1) is 11.4. The van der Waals surface area contributed by atoms with Crippen molar-refractivity contribution in [3.63, 3.8) is 0 Å². The van der Waals surface area contributed by atoms with E-state index in [4.69, 9.17) is 14.5 Å². The molecule has 4 nitrogen and oxygen atoms in total. The van der Waals surface area contributed by atoms with Gasteiger partial charge in [-0.1, -0.05) is 53.4 Å². The summed E-state index contributed by atoms with van der Waals surface area (Å²) in [5.41, 5.74) is -0.253. The summed E-state index contributed by atoms with van der Waals surface area (Å²) < 4.78 is 4.77. The molecule has 0 saturated carbocycles. The number of esters is 1. The van der Waals surface area contributed by atoms with Crippen molar-refractivity contribution in [1.29, 1.82) is 0 Å². The Bertz CT molecular complexity index is 371. The van der Waals surface area contributed by atoms with Gasteiger partial charge in [0.05, 0.1) is 13.5 Å². The summed E-state index contributed by atoms with van der Waals surface area (Å²) in [6, 6.07) is 0. The zero-order chi connectivity index (χ0) is 18.2. The van der Waals surface area contributed by atoms with E-state index in [1.165, 1.54) is 32.8 Å². The molecule has 0 bridgehead atoms. The maximum absolute atomic E-state index is 11.5. The van der Waals surface area contributed by atoms with Crippen molar-refractivity contribution in [2.24, 2.45) is 17.8 Å². The molecule has 0 aliphatic carbocycles. The minimum Gasteiger partial charge on any atom is -0.469 e. The molecule has 1 saturated heterocycles. The van der Waals surface area contributed by atoms with Gasteiger partial charge in [-0.05, 0) is 43.9 Å². The molecular weight excluding hydrogens is 304 g/mol. The molecule has 24 heavy (non-hydrogen) atoms. The summed E-state index contributed by atoms with van der Waals surface area (Å²) in [5.74, 6) is 1.54. The smallest absolute Gasteiger partial charge is 0.308 e. The van der Waals surface area contributed by atoms with Crippen LogP contribution >= 0.6 is 0 Å². The minimum atomic E-state index is -0.253. The van der Waals surface area contributed by atoms with Crippen LogP contribution in [0.3, 0.4) is 0 Å². The Morgan fingerprint density at radius 3 is 2.58 bits per heavy atom. The molecule has 4 heteroatoms. The van der Waals surface area contributed by atoms with Crippen LogP contribution in [0.4, 0.5) is 0 Å².